The summed E-state index contributed by atoms with van der Waals surface area (Å²) in [7, 11) is 0. The summed E-state index contributed by atoms with van der Waals surface area (Å²) < 4.78 is 1.26. The minimum absolute atomic E-state index is 1.10. The standard InChI is InChI=1S/C11H7NS2/c1-3-9-8(12-5-1)7-11(14-9)10-4-2-6-13-10/h1-7H. The van der Waals surface area contributed by atoms with Crippen LogP contribution in [0.25, 0.3) is 20.0 Å². The van der Waals surface area contributed by atoms with Crippen molar-refractivity contribution >= 4 is 32.9 Å². The van der Waals surface area contributed by atoms with Crippen molar-refractivity contribution in [3.05, 3.63) is 41.9 Å². The average Bonchev–Trinajstić information content (AvgIpc) is 2.86. The number of thiophene rings is 2. The summed E-state index contributed by atoms with van der Waals surface area (Å²) in [6.45, 7) is 0. The van der Waals surface area contributed by atoms with Crippen LogP contribution in [0.15, 0.2) is 41.9 Å². The minimum Gasteiger partial charge on any atom is -0.255 e. The van der Waals surface area contributed by atoms with Gasteiger partial charge in [-0.15, -0.1) is 22.7 Å². The van der Waals surface area contributed by atoms with E-state index in [1.165, 1.54) is 14.5 Å². The van der Waals surface area contributed by atoms with E-state index in [0.717, 1.165) is 5.52 Å². The second kappa shape index (κ2) is 3.19. The number of nitrogens with zero attached hydrogens (tertiary/aromatic N) is 1. The van der Waals surface area contributed by atoms with Crippen molar-refractivity contribution in [1.82, 2.24) is 4.98 Å². The maximum atomic E-state index is 4.33. The molecule has 0 amide bonds. The van der Waals surface area contributed by atoms with Crippen LogP contribution in [0.2, 0.25) is 0 Å². The van der Waals surface area contributed by atoms with Crippen molar-refractivity contribution in [3.8, 4) is 9.75 Å². The average molecular weight is 217 g/mol. The predicted octanol–water partition coefficient (Wildman–Crippen LogP) is 4.02. The highest BCUT2D eigenvalue weighted by molar-refractivity contribution is 7.25. The highest BCUT2D eigenvalue weighted by atomic mass is 32.1. The Hall–Kier alpha value is -1.19. The first kappa shape index (κ1) is 8.15. The molecule has 0 saturated heterocycles. The van der Waals surface area contributed by atoms with Gasteiger partial charge in [0.1, 0.15) is 0 Å². The Bertz CT molecular complexity index is 518. The van der Waals surface area contributed by atoms with Gasteiger partial charge in [-0.25, -0.2) is 0 Å². The van der Waals surface area contributed by atoms with Crippen LogP contribution in [0.3, 0.4) is 0 Å². The fourth-order valence-electron chi connectivity index (χ4n) is 1.41. The van der Waals surface area contributed by atoms with E-state index in [1.807, 2.05) is 12.3 Å². The molecule has 0 spiro atoms. The highest BCUT2D eigenvalue weighted by Crippen LogP contribution is 2.34. The molecule has 0 aliphatic rings. The van der Waals surface area contributed by atoms with E-state index in [-0.39, 0.29) is 0 Å². The summed E-state index contributed by atoms with van der Waals surface area (Å²) in [5, 5.41) is 2.10. The fraction of sp³-hybridized carbons (Fsp3) is 0. The lowest BCUT2D eigenvalue weighted by molar-refractivity contribution is 1.43. The second-order valence-electron chi connectivity index (χ2n) is 2.97. The maximum Gasteiger partial charge on any atom is 0.0816 e. The van der Waals surface area contributed by atoms with Gasteiger partial charge in [0.05, 0.1) is 10.2 Å². The van der Waals surface area contributed by atoms with Gasteiger partial charge in [0.25, 0.3) is 0 Å². The normalized spacial score (nSPS) is 10.9. The van der Waals surface area contributed by atoms with Gasteiger partial charge in [0.2, 0.25) is 0 Å². The molecule has 0 bridgehead atoms. The number of hydrogen-bond acceptors (Lipinski definition) is 3. The van der Waals surface area contributed by atoms with Gasteiger partial charge in [0, 0.05) is 16.0 Å². The molecule has 0 radical (unpaired) electrons. The molecule has 0 unspecified atom stereocenters. The molecule has 0 aromatic carbocycles. The fourth-order valence-corrected chi connectivity index (χ4v) is 3.25. The first-order valence-electron chi connectivity index (χ1n) is 4.32. The molecular weight excluding hydrogens is 210 g/mol. The second-order valence-corrected chi connectivity index (χ2v) is 5.01. The quantitative estimate of drug-likeness (QED) is 0.600. The number of rotatable bonds is 1. The largest absolute Gasteiger partial charge is 0.255 e. The van der Waals surface area contributed by atoms with E-state index in [2.05, 4.69) is 34.6 Å². The third-order valence-corrected chi connectivity index (χ3v) is 4.21. The summed E-state index contributed by atoms with van der Waals surface area (Å²) >= 11 is 3.58. The Morgan fingerprint density at radius 1 is 1.07 bits per heavy atom. The molecule has 3 aromatic rings. The predicted molar refractivity (Wildman–Crippen MR) is 62.9 cm³/mol. The monoisotopic (exact) mass is 217 g/mol. The van der Waals surface area contributed by atoms with Crippen molar-refractivity contribution in [2.24, 2.45) is 0 Å². The number of hydrogen-bond donors (Lipinski definition) is 0. The molecule has 14 heavy (non-hydrogen) atoms. The number of aromatic nitrogens is 1. The van der Waals surface area contributed by atoms with E-state index < -0.39 is 0 Å². The highest BCUT2D eigenvalue weighted by Gasteiger charge is 2.04. The third-order valence-electron chi connectivity index (χ3n) is 2.05. The van der Waals surface area contributed by atoms with Crippen LogP contribution in [-0.2, 0) is 0 Å². The molecule has 3 heterocycles. The Kier molecular flexibility index (Phi) is 1.85. The van der Waals surface area contributed by atoms with Gasteiger partial charge < -0.3 is 0 Å². The first-order chi connectivity index (χ1) is 6.93. The van der Waals surface area contributed by atoms with E-state index in [1.54, 1.807) is 22.7 Å². The molecule has 0 aliphatic heterocycles. The number of fused-ring (bicyclic) bond motifs is 1. The molecular formula is C11H7NS2. The molecule has 3 heteroatoms. The van der Waals surface area contributed by atoms with Gasteiger partial charge in [-0.1, -0.05) is 6.07 Å². The minimum atomic E-state index is 1.10. The van der Waals surface area contributed by atoms with Crippen molar-refractivity contribution < 1.29 is 0 Å². The number of pyridine rings is 1. The van der Waals surface area contributed by atoms with E-state index in [4.69, 9.17) is 0 Å². The van der Waals surface area contributed by atoms with Crippen LogP contribution in [0.1, 0.15) is 0 Å². The van der Waals surface area contributed by atoms with E-state index >= 15 is 0 Å². The molecule has 1 nitrogen and oxygen atoms in total. The summed E-state index contributed by atoms with van der Waals surface area (Å²) in [6.07, 6.45) is 1.84. The third kappa shape index (κ3) is 1.25. The Labute approximate surface area is 89.7 Å². The Morgan fingerprint density at radius 2 is 2.07 bits per heavy atom. The zero-order valence-electron chi connectivity index (χ0n) is 7.31. The lowest BCUT2D eigenvalue weighted by Gasteiger charge is -1.85. The molecule has 0 atom stereocenters. The van der Waals surface area contributed by atoms with Gasteiger partial charge in [0.15, 0.2) is 0 Å². The van der Waals surface area contributed by atoms with Gasteiger partial charge >= 0.3 is 0 Å². The molecule has 0 fully saturated rings. The van der Waals surface area contributed by atoms with Crippen LogP contribution in [-0.4, -0.2) is 4.98 Å². The van der Waals surface area contributed by atoms with Crippen LogP contribution in [0.5, 0.6) is 0 Å². The summed E-state index contributed by atoms with van der Waals surface area (Å²) in [5.74, 6) is 0. The molecule has 68 valence electrons. The maximum absolute atomic E-state index is 4.33. The van der Waals surface area contributed by atoms with Gasteiger partial charge in [-0.2, -0.15) is 0 Å². The molecule has 3 aromatic heterocycles. The van der Waals surface area contributed by atoms with Crippen molar-refractivity contribution in [1.29, 1.82) is 0 Å². The lowest BCUT2D eigenvalue weighted by atomic mass is 10.3. The van der Waals surface area contributed by atoms with Crippen molar-refractivity contribution in [2.45, 2.75) is 0 Å². The van der Waals surface area contributed by atoms with Gasteiger partial charge in [-0.3, -0.25) is 4.98 Å². The van der Waals surface area contributed by atoms with E-state index in [9.17, 15) is 0 Å². The van der Waals surface area contributed by atoms with Crippen LogP contribution < -0.4 is 0 Å². The molecule has 0 N–H and O–H groups in total. The zero-order valence-corrected chi connectivity index (χ0v) is 8.94. The first-order valence-corrected chi connectivity index (χ1v) is 6.01. The van der Waals surface area contributed by atoms with Crippen molar-refractivity contribution in [2.75, 3.05) is 0 Å². The van der Waals surface area contributed by atoms with Crippen LogP contribution in [0, 0.1) is 0 Å². The molecule has 0 aliphatic carbocycles. The van der Waals surface area contributed by atoms with Crippen molar-refractivity contribution in [3.63, 3.8) is 0 Å². The van der Waals surface area contributed by atoms with E-state index in [0.29, 0.717) is 0 Å². The smallest absolute Gasteiger partial charge is 0.0816 e. The summed E-state index contributed by atoms with van der Waals surface area (Å²) in [6, 6.07) is 10.5. The summed E-state index contributed by atoms with van der Waals surface area (Å²) in [5.41, 5.74) is 1.10. The Balaban J connectivity index is 2.24. The topological polar surface area (TPSA) is 12.9 Å². The SMILES string of the molecule is c1csc(-c2cc3ncccc3s2)c1. The Morgan fingerprint density at radius 3 is 2.86 bits per heavy atom. The van der Waals surface area contributed by atoms with Crippen LogP contribution in [0.4, 0.5) is 0 Å². The summed E-state index contributed by atoms with van der Waals surface area (Å²) in [4.78, 5) is 6.97. The van der Waals surface area contributed by atoms with Crippen LogP contribution >= 0.6 is 22.7 Å². The molecule has 3 rings (SSSR count). The molecule has 0 saturated carbocycles. The lowest BCUT2D eigenvalue weighted by Crippen LogP contribution is -1.66. The van der Waals surface area contributed by atoms with Gasteiger partial charge in [-0.05, 0) is 29.6 Å². The zero-order chi connectivity index (χ0) is 9.38.